The average Bonchev–Trinajstić information content (AvgIpc) is 2.57. The molecule has 0 heterocycles. The minimum Gasteiger partial charge on any atom is -0.507 e. The first-order valence-corrected chi connectivity index (χ1v) is 7.50. The summed E-state index contributed by atoms with van der Waals surface area (Å²) in [5.41, 5.74) is 0.588. The Balaban J connectivity index is 2.19. The Kier molecular flexibility index (Phi) is 4.40. The molecule has 0 aliphatic rings. The van der Waals surface area contributed by atoms with Gasteiger partial charge in [0.1, 0.15) is 23.1 Å². The number of ether oxygens (including phenoxy) is 1. The predicted octanol–water partition coefficient (Wildman–Crippen LogP) is 5.67. The van der Waals surface area contributed by atoms with E-state index in [0.29, 0.717) is 16.3 Å². The molecule has 0 fully saturated rings. The molecule has 0 saturated heterocycles. The molecule has 0 aliphatic carbocycles. The molecule has 1 N–H and O–H groups in total. The lowest BCUT2D eigenvalue weighted by atomic mass is 9.98. The van der Waals surface area contributed by atoms with Gasteiger partial charge >= 0.3 is 0 Å². The van der Waals surface area contributed by atoms with Crippen molar-refractivity contribution in [2.45, 2.75) is 0 Å². The van der Waals surface area contributed by atoms with E-state index in [2.05, 4.69) is 0 Å². The van der Waals surface area contributed by atoms with Crippen LogP contribution >= 0.6 is 11.6 Å². The van der Waals surface area contributed by atoms with Crippen LogP contribution in [0, 0.1) is 11.6 Å². The number of para-hydroxylation sites is 1. The molecule has 2 nitrogen and oxygen atoms in total. The summed E-state index contributed by atoms with van der Waals surface area (Å²) in [5, 5.41) is 10.2. The molecule has 0 bridgehead atoms. The van der Waals surface area contributed by atoms with Crippen LogP contribution in [0.25, 0.3) is 22.3 Å². The van der Waals surface area contributed by atoms with Gasteiger partial charge in [-0.3, -0.25) is 0 Å². The van der Waals surface area contributed by atoms with Crippen LogP contribution in [-0.4, -0.2) is 12.2 Å². The number of halogens is 3. The fourth-order valence-corrected chi connectivity index (χ4v) is 2.72. The Morgan fingerprint density at radius 3 is 2.08 bits per heavy atom. The Bertz CT molecular complexity index is 910. The van der Waals surface area contributed by atoms with Crippen molar-refractivity contribution in [2.24, 2.45) is 0 Å². The van der Waals surface area contributed by atoms with Gasteiger partial charge in [-0.2, -0.15) is 0 Å². The molecule has 3 aromatic carbocycles. The Morgan fingerprint density at radius 2 is 1.46 bits per heavy atom. The van der Waals surface area contributed by atoms with Gasteiger partial charge in [-0.25, -0.2) is 8.78 Å². The number of phenolic OH excluding ortho intramolecular Hbond substituents is 1. The van der Waals surface area contributed by atoms with Gasteiger partial charge in [0, 0.05) is 27.3 Å². The number of aromatic hydroxyl groups is 1. The molecule has 0 aromatic heterocycles. The molecule has 0 unspecified atom stereocenters. The van der Waals surface area contributed by atoms with Crippen molar-refractivity contribution in [3.05, 3.63) is 71.3 Å². The van der Waals surface area contributed by atoms with Crippen molar-refractivity contribution in [3.8, 4) is 33.8 Å². The summed E-state index contributed by atoms with van der Waals surface area (Å²) in [6, 6.07) is 13.0. The van der Waals surface area contributed by atoms with Gasteiger partial charge in [0.25, 0.3) is 0 Å². The van der Waals surface area contributed by atoms with Gasteiger partial charge in [0.05, 0.1) is 7.11 Å². The minimum atomic E-state index is -0.657. The monoisotopic (exact) mass is 346 g/mol. The summed E-state index contributed by atoms with van der Waals surface area (Å²) in [4.78, 5) is 0. The second kappa shape index (κ2) is 6.49. The SMILES string of the molecule is COc1ccc(Cl)cc1-c1cc(F)c(-c2ccccc2O)cc1F. The number of hydrogen-bond donors (Lipinski definition) is 1. The van der Waals surface area contributed by atoms with E-state index < -0.39 is 11.6 Å². The minimum absolute atomic E-state index is 0.0182. The summed E-state index contributed by atoms with van der Waals surface area (Å²) in [6.45, 7) is 0. The molecule has 0 atom stereocenters. The third kappa shape index (κ3) is 2.93. The topological polar surface area (TPSA) is 29.5 Å². The molecule has 0 amide bonds. The first-order chi connectivity index (χ1) is 11.5. The highest BCUT2D eigenvalue weighted by molar-refractivity contribution is 6.31. The van der Waals surface area contributed by atoms with Gasteiger partial charge in [-0.05, 0) is 36.4 Å². The van der Waals surface area contributed by atoms with Gasteiger partial charge in [-0.15, -0.1) is 0 Å². The van der Waals surface area contributed by atoms with Crippen molar-refractivity contribution < 1.29 is 18.6 Å². The van der Waals surface area contributed by atoms with Gasteiger partial charge in [-0.1, -0.05) is 29.8 Å². The maximum Gasteiger partial charge on any atom is 0.131 e. The molecule has 122 valence electrons. The van der Waals surface area contributed by atoms with Crippen molar-refractivity contribution in [1.82, 2.24) is 0 Å². The van der Waals surface area contributed by atoms with Crippen molar-refractivity contribution in [2.75, 3.05) is 7.11 Å². The number of hydrogen-bond acceptors (Lipinski definition) is 2. The van der Waals surface area contributed by atoms with Crippen LogP contribution in [0.2, 0.25) is 5.02 Å². The zero-order valence-electron chi connectivity index (χ0n) is 12.7. The van der Waals surface area contributed by atoms with E-state index in [1.807, 2.05) is 0 Å². The molecular formula is C19H13ClF2O2. The highest BCUT2D eigenvalue weighted by Crippen LogP contribution is 2.38. The smallest absolute Gasteiger partial charge is 0.131 e. The van der Waals surface area contributed by atoms with E-state index in [1.165, 1.54) is 25.3 Å². The normalized spacial score (nSPS) is 10.7. The van der Waals surface area contributed by atoms with Crippen molar-refractivity contribution in [3.63, 3.8) is 0 Å². The molecule has 3 rings (SSSR count). The molecule has 0 radical (unpaired) electrons. The van der Waals surface area contributed by atoms with E-state index in [0.717, 1.165) is 12.1 Å². The quantitative estimate of drug-likeness (QED) is 0.662. The zero-order chi connectivity index (χ0) is 17.3. The fourth-order valence-electron chi connectivity index (χ4n) is 2.55. The lowest BCUT2D eigenvalue weighted by molar-refractivity contribution is 0.416. The molecule has 0 saturated carbocycles. The number of benzene rings is 3. The average molecular weight is 347 g/mol. The summed E-state index contributed by atoms with van der Waals surface area (Å²) in [6.07, 6.45) is 0. The van der Waals surface area contributed by atoms with Gasteiger partial charge < -0.3 is 9.84 Å². The van der Waals surface area contributed by atoms with Crippen LogP contribution in [0.3, 0.4) is 0 Å². The van der Waals surface area contributed by atoms with E-state index in [-0.39, 0.29) is 22.4 Å². The Hall–Kier alpha value is -2.59. The number of methoxy groups -OCH3 is 1. The lowest BCUT2D eigenvalue weighted by Gasteiger charge is -2.13. The third-order valence-corrected chi connectivity index (χ3v) is 3.94. The largest absolute Gasteiger partial charge is 0.507 e. The van der Waals surface area contributed by atoms with Crippen LogP contribution < -0.4 is 4.74 Å². The molecule has 3 aromatic rings. The van der Waals surface area contributed by atoms with Crippen LogP contribution in [0.5, 0.6) is 11.5 Å². The Morgan fingerprint density at radius 1 is 0.833 bits per heavy atom. The van der Waals surface area contributed by atoms with Crippen LogP contribution in [-0.2, 0) is 0 Å². The molecule has 0 aliphatic heterocycles. The highest BCUT2D eigenvalue weighted by atomic mass is 35.5. The van der Waals surface area contributed by atoms with E-state index in [9.17, 15) is 13.9 Å². The van der Waals surface area contributed by atoms with E-state index >= 15 is 0 Å². The van der Waals surface area contributed by atoms with Crippen LogP contribution in [0.1, 0.15) is 0 Å². The van der Waals surface area contributed by atoms with Crippen molar-refractivity contribution in [1.29, 1.82) is 0 Å². The van der Waals surface area contributed by atoms with Gasteiger partial charge in [0.2, 0.25) is 0 Å². The molecule has 5 heteroatoms. The second-order valence-electron chi connectivity index (χ2n) is 5.17. The maximum atomic E-state index is 14.6. The Labute approximate surface area is 142 Å². The maximum absolute atomic E-state index is 14.6. The van der Waals surface area contributed by atoms with E-state index in [1.54, 1.807) is 24.3 Å². The predicted molar refractivity (Wildman–Crippen MR) is 90.5 cm³/mol. The summed E-state index contributed by atoms with van der Waals surface area (Å²) in [5.74, 6) is -1.04. The number of rotatable bonds is 3. The molecular weight excluding hydrogens is 334 g/mol. The standard InChI is InChI=1S/C19H13ClF2O2/c1-24-19-7-6-11(20)8-15(19)14-10-16(21)13(9-17(14)22)12-4-2-3-5-18(12)23/h2-10,23H,1H3. The molecule has 0 spiro atoms. The lowest BCUT2D eigenvalue weighted by Crippen LogP contribution is -1.94. The van der Waals surface area contributed by atoms with E-state index in [4.69, 9.17) is 16.3 Å². The van der Waals surface area contributed by atoms with Gasteiger partial charge in [0.15, 0.2) is 0 Å². The summed E-state index contributed by atoms with van der Waals surface area (Å²) >= 11 is 5.96. The van der Waals surface area contributed by atoms with Crippen LogP contribution in [0.15, 0.2) is 54.6 Å². The summed E-state index contributed by atoms with van der Waals surface area (Å²) < 4.78 is 34.4. The molecule has 24 heavy (non-hydrogen) atoms. The fraction of sp³-hybridized carbons (Fsp3) is 0.0526. The first kappa shape index (κ1) is 16.3. The third-order valence-electron chi connectivity index (χ3n) is 3.70. The number of phenols is 1. The second-order valence-corrected chi connectivity index (χ2v) is 5.61. The highest BCUT2D eigenvalue weighted by Gasteiger charge is 2.17. The van der Waals surface area contributed by atoms with Crippen LogP contribution in [0.4, 0.5) is 8.78 Å². The van der Waals surface area contributed by atoms with Crippen molar-refractivity contribution >= 4 is 11.6 Å². The first-order valence-electron chi connectivity index (χ1n) is 7.12. The summed E-state index contributed by atoms with van der Waals surface area (Å²) in [7, 11) is 1.44. The zero-order valence-corrected chi connectivity index (χ0v) is 13.4.